The maximum absolute atomic E-state index is 12.8. The largest absolute Gasteiger partial charge is 0.491 e. The number of rotatable bonds is 1. The van der Waals surface area contributed by atoms with Crippen LogP contribution in [-0.2, 0) is 11.3 Å². The lowest BCUT2D eigenvalue weighted by Crippen LogP contribution is -2.52. The zero-order chi connectivity index (χ0) is 13.7. The van der Waals surface area contributed by atoms with E-state index in [1.165, 1.54) is 6.42 Å². The topological polar surface area (TPSA) is 49.8 Å². The Balaban J connectivity index is 1.64. The van der Waals surface area contributed by atoms with Crippen molar-refractivity contribution in [3.05, 3.63) is 29.3 Å². The maximum atomic E-state index is 12.8. The third-order valence-electron chi connectivity index (χ3n) is 5.18. The zero-order valence-electron chi connectivity index (χ0n) is 11.5. The van der Waals surface area contributed by atoms with Crippen molar-refractivity contribution in [2.24, 2.45) is 0 Å². The molecule has 2 fully saturated rings. The number of carbonyl (C=O) groups is 1. The van der Waals surface area contributed by atoms with Crippen molar-refractivity contribution in [3.63, 3.8) is 0 Å². The number of nitrogens with zero attached hydrogens (tertiary/aromatic N) is 1. The lowest BCUT2D eigenvalue weighted by Gasteiger charge is -2.46. The highest BCUT2D eigenvalue weighted by Crippen LogP contribution is 2.45. The van der Waals surface area contributed by atoms with E-state index in [0.717, 1.165) is 43.3 Å². The third-order valence-corrected chi connectivity index (χ3v) is 5.18. The van der Waals surface area contributed by atoms with Gasteiger partial charge in [0.15, 0.2) is 0 Å². The van der Waals surface area contributed by atoms with E-state index in [1.54, 1.807) is 6.07 Å². The summed E-state index contributed by atoms with van der Waals surface area (Å²) in [5.74, 6) is 0.115. The Morgan fingerprint density at radius 1 is 1.30 bits per heavy atom. The van der Waals surface area contributed by atoms with Crippen LogP contribution in [-0.4, -0.2) is 35.0 Å². The molecule has 1 N–H and O–H groups in total. The van der Waals surface area contributed by atoms with Crippen LogP contribution in [0.2, 0.25) is 0 Å². The van der Waals surface area contributed by atoms with Crippen molar-refractivity contribution in [2.45, 2.75) is 44.2 Å². The third kappa shape index (κ3) is 1.66. The van der Waals surface area contributed by atoms with E-state index in [2.05, 4.69) is 4.90 Å². The second kappa shape index (κ2) is 4.33. The molecule has 0 bridgehead atoms. The minimum absolute atomic E-state index is 0.115. The van der Waals surface area contributed by atoms with Gasteiger partial charge in [0, 0.05) is 17.6 Å². The van der Waals surface area contributed by atoms with Crippen molar-refractivity contribution in [3.8, 4) is 0 Å². The molecule has 2 heterocycles. The van der Waals surface area contributed by atoms with Crippen LogP contribution >= 0.6 is 0 Å². The number of benzene rings is 1. The molecule has 0 atom stereocenters. The van der Waals surface area contributed by atoms with Crippen LogP contribution in [0.3, 0.4) is 0 Å². The van der Waals surface area contributed by atoms with Gasteiger partial charge in [0.2, 0.25) is 0 Å². The normalized spacial score (nSPS) is 23.1. The van der Waals surface area contributed by atoms with Gasteiger partial charge in [0.1, 0.15) is 0 Å². The Morgan fingerprint density at radius 3 is 2.85 bits per heavy atom. The molecule has 1 aliphatic carbocycles. The van der Waals surface area contributed by atoms with Crippen molar-refractivity contribution in [1.29, 1.82) is 0 Å². The fourth-order valence-electron chi connectivity index (χ4n) is 3.86. The van der Waals surface area contributed by atoms with Gasteiger partial charge >= 0.3 is 7.12 Å². The van der Waals surface area contributed by atoms with Crippen LogP contribution in [0.25, 0.3) is 0 Å². The van der Waals surface area contributed by atoms with Crippen molar-refractivity contribution in [1.82, 2.24) is 4.90 Å². The highest BCUT2D eigenvalue weighted by atomic mass is 16.5. The minimum atomic E-state index is -0.881. The predicted molar refractivity (Wildman–Crippen MR) is 75.7 cm³/mol. The number of hydrogen-bond acceptors (Lipinski definition) is 3. The average molecular weight is 271 g/mol. The van der Waals surface area contributed by atoms with Gasteiger partial charge in [-0.3, -0.25) is 4.79 Å². The molecule has 4 nitrogen and oxygen atoms in total. The Morgan fingerprint density at radius 2 is 2.10 bits per heavy atom. The zero-order valence-corrected chi connectivity index (χ0v) is 11.5. The monoisotopic (exact) mass is 271 g/mol. The van der Waals surface area contributed by atoms with E-state index in [0.29, 0.717) is 12.2 Å². The summed E-state index contributed by atoms with van der Waals surface area (Å²) < 4.78 is 5.19. The maximum Gasteiger partial charge on any atom is 0.491 e. The van der Waals surface area contributed by atoms with E-state index in [9.17, 15) is 9.82 Å². The van der Waals surface area contributed by atoms with Crippen LogP contribution in [0.4, 0.5) is 0 Å². The predicted octanol–water partition coefficient (Wildman–Crippen LogP) is 1.06. The molecule has 3 aliphatic rings. The van der Waals surface area contributed by atoms with Gasteiger partial charge in [-0.15, -0.1) is 0 Å². The Labute approximate surface area is 118 Å². The smallest absolute Gasteiger partial charge is 0.423 e. The summed E-state index contributed by atoms with van der Waals surface area (Å²) >= 11 is 0. The molecule has 0 unspecified atom stereocenters. The summed E-state index contributed by atoms with van der Waals surface area (Å²) in [6.07, 6.45) is 5.79. The lowest BCUT2D eigenvalue weighted by molar-refractivity contribution is 0.0367. The summed E-state index contributed by atoms with van der Waals surface area (Å²) in [6.45, 7) is 1.30. The molecule has 1 amide bonds. The first kappa shape index (κ1) is 12.4. The first-order valence-electron chi connectivity index (χ1n) is 7.44. The van der Waals surface area contributed by atoms with E-state index in [1.807, 2.05) is 12.1 Å². The van der Waals surface area contributed by atoms with E-state index < -0.39 is 7.12 Å². The molecule has 104 valence electrons. The molecule has 1 aromatic rings. The molecule has 0 aromatic heterocycles. The number of likely N-dealkylation sites (tertiary alicyclic amines) is 1. The van der Waals surface area contributed by atoms with Crippen LogP contribution in [0, 0.1) is 0 Å². The number of carbonyl (C=O) groups excluding carboxylic acids is 1. The lowest BCUT2D eigenvalue weighted by atomic mass is 9.74. The van der Waals surface area contributed by atoms with Gasteiger partial charge in [0.05, 0.1) is 6.61 Å². The second-order valence-corrected chi connectivity index (χ2v) is 6.22. The average Bonchev–Trinajstić information content (AvgIpc) is 3.02. The summed E-state index contributed by atoms with van der Waals surface area (Å²) in [4.78, 5) is 14.8. The number of hydrogen-bond donors (Lipinski definition) is 1. The van der Waals surface area contributed by atoms with E-state index >= 15 is 0 Å². The van der Waals surface area contributed by atoms with Crippen LogP contribution in [0.1, 0.15) is 48.0 Å². The van der Waals surface area contributed by atoms with Crippen molar-refractivity contribution in [2.75, 3.05) is 6.54 Å². The minimum Gasteiger partial charge on any atom is -0.423 e. The second-order valence-electron chi connectivity index (χ2n) is 6.22. The van der Waals surface area contributed by atoms with E-state index in [-0.39, 0.29) is 11.4 Å². The molecule has 0 radical (unpaired) electrons. The van der Waals surface area contributed by atoms with Gasteiger partial charge in [-0.05, 0) is 55.3 Å². The molecule has 1 spiro atoms. The van der Waals surface area contributed by atoms with Crippen molar-refractivity contribution >= 4 is 18.5 Å². The first-order valence-corrected chi connectivity index (χ1v) is 7.44. The SMILES string of the molecule is O=C(c1ccc2c(c1)B(O)OC2)N1CCCC12CCC2. The van der Waals surface area contributed by atoms with Gasteiger partial charge in [0.25, 0.3) is 5.91 Å². The molecular weight excluding hydrogens is 253 g/mol. The molecule has 1 saturated carbocycles. The number of amides is 1. The first-order chi connectivity index (χ1) is 9.70. The van der Waals surface area contributed by atoms with Gasteiger partial charge in [-0.25, -0.2) is 0 Å². The Bertz CT molecular complexity index is 570. The molecule has 1 aromatic carbocycles. The number of fused-ring (bicyclic) bond motifs is 1. The summed E-state index contributed by atoms with van der Waals surface area (Å²) in [6, 6.07) is 5.58. The molecule has 1 saturated heterocycles. The quantitative estimate of drug-likeness (QED) is 0.777. The van der Waals surface area contributed by atoms with Gasteiger partial charge in [-0.2, -0.15) is 0 Å². The molecule has 2 aliphatic heterocycles. The van der Waals surface area contributed by atoms with Gasteiger partial charge in [-0.1, -0.05) is 6.07 Å². The fraction of sp³-hybridized carbons (Fsp3) is 0.533. The van der Waals surface area contributed by atoms with Crippen LogP contribution in [0.15, 0.2) is 18.2 Å². The Kier molecular flexibility index (Phi) is 2.69. The molecule has 20 heavy (non-hydrogen) atoms. The summed E-state index contributed by atoms with van der Waals surface area (Å²) in [5.41, 5.74) is 2.55. The van der Waals surface area contributed by atoms with Crippen molar-refractivity contribution < 1.29 is 14.5 Å². The molecule has 5 heteroatoms. The standard InChI is InChI=1S/C15H18BNO3/c18-14(17-8-2-7-15(17)5-1-6-15)11-3-4-12-10-20-16(19)13(12)9-11/h3-4,9,19H,1-2,5-8,10H2. The highest BCUT2D eigenvalue weighted by Gasteiger charge is 2.47. The highest BCUT2D eigenvalue weighted by molar-refractivity contribution is 6.61. The summed E-state index contributed by atoms with van der Waals surface area (Å²) in [5, 5.41) is 9.77. The van der Waals surface area contributed by atoms with Crippen LogP contribution < -0.4 is 5.46 Å². The molecule has 4 rings (SSSR count). The van der Waals surface area contributed by atoms with Gasteiger partial charge < -0.3 is 14.6 Å². The molecular formula is C15H18BNO3. The Hall–Kier alpha value is -1.33. The fourth-order valence-corrected chi connectivity index (χ4v) is 3.86. The summed E-state index contributed by atoms with van der Waals surface area (Å²) in [7, 11) is -0.881. The van der Waals surface area contributed by atoms with Crippen LogP contribution in [0.5, 0.6) is 0 Å². The van der Waals surface area contributed by atoms with E-state index in [4.69, 9.17) is 4.65 Å².